The molecular formula is C19H24N4O4. The fourth-order valence-electron chi connectivity index (χ4n) is 2.92. The number of hydrogen-bond acceptors (Lipinski definition) is 6. The Morgan fingerprint density at radius 2 is 1.89 bits per heavy atom. The molecule has 2 amide bonds. The number of methoxy groups -OCH3 is 2. The standard InChI is InChI=1S/C19H24N4O4/c1-13-6-7-18(22-21-13)27-15-5-4-8-23(12-15)19(24)20-14-9-16(25-2)11-17(10-14)26-3/h6-7,9-11,15H,4-5,8,12H2,1-3H3,(H,20,24). The molecule has 8 nitrogen and oxygen atoms in total. The van der Waals surface area contributed by atoms with Crippen LogP contribution in [0.15, 0.2) is 30.3 Å². The van der Waals surface area contributed by atoms with Crippen molar-refractivity contribution < 1.29 is 19.0 Å². The third-order valence-electron chi connectivity index (χ3n) is 4.33. The van der Waals surface area contributed by atoms with Crippen molar-refractivity contribution in [3.05, 3.63) is 36.0 Å². The maximum Gasteiger partial charge on any atom is 0.321 e. The number of rotatable bonds is 5. The minimum atomic E-state index is -0.186. The molecule has 1 unspecified atom stereocenters. The number of amides is 2. The summed E-state index contributed by atoms with van der Waals surface area (Å²) in [4.78, 5) is 14.4. The summed E-state index contributed by atoms with van der Waals surface area (Å²) in [6.45, 7) is 3.03. The first-order chi connectivity index (χ1) is 13.1. The molecule has 0 spiro atoms. The predicted octanol–water partition coefficient (Wildman–Crippen LogP) is 2.88. The van der Waals surface area contributed by atoms with E-state index in [9.17, 15) is 4.79 Å². The Morgan fingerprint density at radius 3 is 2.52 bits per heavy atom. The molecule has 0 aliphatic carbocycles. The van der Waals surface area contributed by atoms with Crippen molar-refractivity contribution in [2.75, 3.05) is 32.6 Å². The van der Waals surface area contributed by atoms with E-state index in [1.165, 1.54) is 0 Å². The van der Waals surface area contributed by atoms with E-state index < -0.39 is 0 Å². The second-order valence-electron chi connectivity index (χ2n) is 6.37. The lowest BCUT2D eigenvalue weighted by Crippen LogP contribution is -2.46. The van der Waals surface area contributed by atoms with Gasteiger partial charge in [-0.3, -0.25) is 0 Å². The lowest BCUT2D eigenvalue weighted by molar-refractivity contribution is 0.102. The molecule has 2 heterocycles. The molecule has 0 bridgehead atoms. The first-order valence-corrected chi connectivity index (χ1v) is 8.83. The van der Waals surface area contributed by atoms with Crippen molar-refractivity contribution in [2.24, 2.45) is 0 Å². The summed E-state index contributed by atoms with van der Waals surface area (Å²) >= 11 is 0. The molecule has 27 heavy (non-hydrogen) atoms. The van der Waals surface area contributed by atoms with E-state index in [0.29, 0.717) is 36.2 Å². The number of likely N-dealkylation sites (tertiary alicyclic amines) is 1. The van der Waals surface area contributed by atoms with Crippen LogP contribution in [0, 0.1) is 6.92 Å². The van der Waals surface area contributed by atoms with Crippen molar-refractivity contribution in [3.63, 3.8) is 0 Å². The van der Waals surface area contributed by atoms with Gasteiger partial charge < -0.3 is 24.4 Å². The SMILES string of the molecule is COc1cc(NC(=O)N2CCCC(Oc3ccc(C)nn3)C2)cc(OC)c1. The van der Waals surface area contributed by atoms with Crippen LogP contribution in [0.2, 0.25) is 0 Å². The van der Waals surface area contributed by atoms with Gasteiger partial charge in [-0.1, -0.05) is 0 Å². The van der Waals surface area contributed by atoms with Gasteiger partial charge in [0, 0.05) is 36.5 Å². The summed E-state index contributed by atoms with van der Waals surface area (Å²) in [5.74, 6) is 1.70. The minimum absolute atomic E-state index is 0.110. The fraction of sp³-hybridized carbons (Fsp3) is 0.421. The Balaban J connectivity index is 1.62. The largest absolute Gasteiger partial charge is 0.497 e. The van der Waals surface area contributed by atoms with Crippen LogP contribution in [-0.2, 0) is 0 Å². The molecule has 1 N–H and O–H groups in total. The average Bonchev–Trinajstić information content (AvgIpc) is 2.69. The summed E-state index contributed by atoms with van der Waals surface area (Å²) in [6.07, 6.45) is 1.62. The van der Waals surface area contributed by atoms with Gasteiger partial charge in [0.25, 0.3) is 0 Å². The van der Waals surface area contributed by atoms with E-state index in [-0.39, 0.29) is 12.1 Å². The van der Waals surface area contributed by atoms with Crippen LogP contribution in [0.5, 0.6) is 17.4 Å². The second-order valence-corrected chi connectivity index (χ2v) is 6.37. The number of aryl methyl sites for hydroxylation is 1. The molecule has 144 valence electrons. The Bertz CT molecular complexity index is 760. The van der Waals surface area contributed by atoms with Gasteiger partial charge in [0.15, 0.2) is 0 Å². The highest BCUT2D eigenvalue weighted by molar-refractivity contribution is 5.90. The zero-order valence-electron chi connectivity index (χ0n) is 15.8. The third kappa shape index (κ3) is 4.99. The number of benzene rings is 1. The number of aromatic nitrogens is 2. The number of urea groups is 1. The summed E-state index contributed by atoms with van der Waals surface area (Å²) in [6, 6.07) is 8.72. The normalized spacial score (nSPS) is 16.6. The van der Waals surface area contributed by atoms with Gasteiger partial charge in [0.2, 0.25) is 5.88 Å². The number of ether oxygens (including phenoxy) is 3. The monoisotopic (exact) mass is 372 g/mol. The molecule has 1 aliphatic rings. The van der Waals surface area contributed by atoms with Crippen LogP contribution < -0.4 is 19.5 Å². The number of hydrogen-bond donors (Lipinski definition) is 1. The molecule has 1 saturated heterocycles. The highest BCUT2D eigenvalue weighted by atomic mass is 16.5. The highest BCUT2D eigenvalue weighted by Crippen LogP contribution is 2.26. The molecule has 1 atom stereocenters. The first-order valence-electron chi connectivity index (χ1n) is 8.83. The molecule has 0 saturated carbocycles. The highest BCUT2D eigenvalue weighted by Gasteiger charge is 2.25. The Labute approximate surface area is 158 Å². The van der Waals surface area contributed by atoms with Crippen molar-refractivity contribution in [3.8, 4) is 17.4 Å². The van der Waals surface area contributed by atoms with Crippen LogP contribution in [0.25, 0.3) is 0 Å². The molecule has 0 radical (unpaired) electrons. The van der Waals surface area contributed by atoms with Gasteiger partial charge in [-0.05, 0) is 25.8 Å². The first kappa shape index (κ1) is 18.8. The number of nitrogens with one attached hydrogen (secondary N) is 1. The molecule has 1 fully saturated rings. The quantitative estimate of drug-likeness (QED) is 0.869. The van der Waals surface area contributed by atoms with Crippen molar-refractivity contribution in [2.45, 2.75) is 25.9 Å². The van der Waals surface area contributed by atoms with E-state index in [1.807, 2.05) is 13.0 Å². The summed E-state index contributed by atoms with van der Waals surface area (Å²) in [5, 5.41) is 10.9. The number of nitrogens with zero attached hydrogens (tertiary/aromatic N) is 3. The number of carbonyl (C=O) groups excluding carboxylic acids is 1. The van der Waals surface area contributed by atoms with Crippen LogP contribution in [0.3, 0.4) is 0 Å². The van der Waals surface area contributed by atoms with Gasteiger partial charge >= 0.3 is 6.03 Å². The van der Waals surface area contributed by atoms with Crippen LogP contribution in [-0.4, -0.2) is 54.5 Å². The number of carbonyl (C=O) groups is 1. The van der Waals surface area contributed by atoms with E-state index in [1.54, 1.807) is 43.4 Å². The van der Waals surface area contributed by atoms with E-state index in [2.05, 4.69) is 15.5 Å². The van der Waals surface area contributed by atoms with E-state index >= 15 is 0 Å². The number of piperidine rings is 1. The van der Waals surface area contributed by atoms with E-state index in [0.717, 1.165) is 18.5 Å². The molecule has 1 aromatic heterocycles. The maximum absolute atomic E-state index is 12.7. The zero-order chi connectivity index (χ0) is 19.2. The Morgan fingerprint density at radius 1 is 1.15 bits per heavy atom. The zero-order valence-corrected chi connectivity index (χ0v) is 15.8. The van der Waals surface area contributed by atoms with Crippen LogP contribution >= 0.6 is 0 Å². The van der Waals surface area contributed by atoms with Gasteiger partial charge in [0.05, 0.1) is 26.5 Å². The Kier molecular flexibility index (Phi) is 5.95. The lowest BCUT2D eigenvalue weighted by atomic mass is 10.1. The van der Waals surface area contributed by atoms with Crippen LogP contribution in [0.4, 0.5) is 10.5 Å². The molecular weight excluding hydrogens is 348 g/mol. The lowest BCUT2D eigenvalue weighted by Gasteiger charge is -2.32. The van der Waals surface area contributed by atoms with Crippen LogP contribution in [0.1, 0.15) is 18.5 Å². The van der Waals surface area contributed by atoms with Gasteiger partial charge in [-0.25, -0.2) is 4.79 Å². The molecule has 8 heteroatoms. The second kappa shape index (κ2) is 8.57. The molecule has 2 aromatic rings. The smallest absolute Gasteiger partial charge is 0.321 e. The number of anilines is 1. The fourth-order valence-corrected chi connectivity index (χ4v) is 2.92. The van der Waals surface area contributed by atoms with Gasteiger partial charge in [-0.15, -0.1) is 5.10 Å². The van der Waals surface area contributed by atoms with Gasteiger partial charge in [-0.2, -0.15) is 5.10 Å². The third-order valence-corrected chi connectivity index (χ3v) is 4.33. The predicted molar refractivity (Wildman–Crippen MR) is 101 cm³/mol. The minimum Gasteiger partial charge on any atom is -0.497 e. The maximum atomic E-state index is 12.7. The van der Waals surface area contributed by atoms with Gasteiger partial charge in [0.1, 0.15) is 17.6 Å². The Hall–Kier alpha value is -3.03. The molecule has 1 aromatic carbocycles. The molecule has 1 aliphatic heterocycles. The summed E-state index contributed by atoms with van der Waals surface area (Å²) in [5.41, 5.74) is 1.45. The van der Waals surface area contributed by atoms with Crippen molar-refractivity contribution in [1.29, 1.82) is 0 Å². The van der Waals surface area contributed by atoms with Crippen molar-refractivity contribution >= 4 is 11.7 Å². The van der Waals surface area contributed by atoms with Crippen molar-refractivity contribution in [1.82, 2.24) is 15.1 Å². The topological polar surface area (TPSA) is 85.8 Å². The average molecular weight is 372 g/mol. The molecule has 3 rings (SSSR count). The summed E-state index contributed by atoms with van der Waals surface area (Å²) in [7, 11) is 3.14. The summed E-state index contributed by atoms with van der Waals surface area (Å²) < 4.78 is 16.4. The van der Waals surface area contributed by atoms with E-state index in [4.69, 9.17) is 14.2 Å².